The van der Waals surface area contributed by atoms with E-state index in [0.29, 0.717) is 5.02 Å². The maximum atomic E-state index is 5.88. The number of rotatable bonds is 2. The van der Waals surface area contributed by atoms with Gasteiger partial charge in [-0.05, 0) is 6.07 Å². The lowest BCUT2D eigenvalue weighted by atomic mass is 10.3. The van der Waals surface area contributed by atoms with Crippen molar-refractivity contribution in [2.24, 2.45) is 0 Å². The number of hydrogen-bond acceptors (Lipinski definition) is 1. The summed E-state index contributed by atoms with van der Waals surface area (Å²) in [4.78, 5) is 0. The van der Waals surface area contributed by atoms with E-state index in [2.05, 4.69) is 12.9 Å². The Balaban J connectivity index is 2.99. The molecule has 0 heterocycles. The third-order valence-corrected chi connectivity index (χ3v) is 4.36. The molecule has 11 heavy (non-hydrogen) atoms. The van der Waals surface area contributed by atoms with Gasteiger partial charge in [-0.1, -0.05) is 23.7 Å². The molecule has 0 saturated carbocycles. The van der Waals surface area contributed by atoms with Crippen LogP contribution < -0.4 is 8.43 Å². The van der Waals surface area contributed by atoms with E-state index >= 15 is 0 Å². The summed E-state index contributed by atoms with van der Waals surface area (Å²) in [5.41, 5.74) is 0. The van der Waals surface area contributed by atoms with E-state index in [-0.39, 0.29) is 18.2 Å². The largest absolute Gasteiger partial charge is 0.506 e. The van der Waals surface area contributed by atoms with Crippen molar-refractivity contribution in [3.63, 3.8) is 0 Å². The van der Waals surface area contributed by atoms with Crippen LogP contribution >= 0.6 is 24.5 Å². The molecule has 0 aromatic heterocycles. The van der Waals surface area contributed by atoms with E-state index in [1.807, 2.05) is 18.2 Å². The highest BCUT2D eigenvalue weighted by molar-refractivity contribution is 9.23. The van der Waals surface area contributed by atoms with Crippen LogP contribution in [-0.4, -0.2) is 25.3 Å². The van der Waals surface area contributed by atoms with Crippen molar-refractivity contribution in [3.05, 3.63) is 23.2 Å². The average molecular weight is 246 g/mol. The molecular weight excluding hydrogens is 240 g/mol. The number of ether oxygens (including phenoxy) is 1. The molecule has 0 unspecified atom stereocenters. The van der Waals surface area contributed by atoms with E-state index in [1.165, 1.54) is 3.69 Å². The minimum Gasteiger partial charge on any atom is -0.495 e. The third kappa shape index (κ3) is 2.51. The molecule has 0 saturated heterocycles. The summed E-state index contributed by atoms with van der Waals surface area (Å²) >= 11 is 9.08. The lowest BCUT2D eigenvalue weighted by Crippen LogP contribution is -2.07. The Morgan fingerprint density at radius 2 is 2.27 bits per heavy atom. The Kier molecular flexibility index (Phi) is 3.99. The molecule has 0 aliphatic rings. The van der Waals surface area contributed by atoms with Gasteiger partial charge in [0.2, 0.25) is 0 Å². The van der Waals surface area contributed by atoms with Gasteiger partial charge in [-0.25, -0.2) is 0 Å². The Morgan fingerprint density at radius 1 is 1.55 bits per heavy atom. The van der Waals surface area contributed by atoms with Crippen LogP contribution in [0.25, 0.3) is 0 Å². The molecular formula is C7H6BrClMgO. The first kappa shape index (κ1) is 9.64. The first-order valence-electron chi connectivity index (χ1n) is 3.16. The number of hydrogen-bond donors (Lipinski definition) is 0. The molecule has 0 atom stereocenters. The van der Waals surface area contributed by atoms with Gasteiger partial charge in [-0.3, -0.25) is 12.9 Å². The molecule has 1 rings (SSSR count). The smallest absolute Gasteiger partial charge is 0.495 e. The van der Waals surface area contributed by atoms with Gasteiger partial charge in [0.15, 0.2) is 0 Å². The lowest BCUT2D eigenvalue weighted by molar-refractivity contribution is 0.415. The van der Waals surface area contributed by atoms with Crippen molar-refractivity contribution >= 4 is 46.4 Å². The van der Waals surface area contributed by atoms with Gasteiger partial charge in [0.1, 0.15) is 5.75 Å². The fourth-order valence-electron chi connectivity index (χ4n) is 0.793. The van der Waals surface area contributed by atoms with Crippen molar-refractivity contribution in [2.75, 3.05) is 7.11 Å². The van der Waals surface area contributed by atoms with Crippen LogP contribution in [0.1, 0.15) is 0 Å². The first-order chi connectivity index (χ1) is 5.27. The number of halogens is 2. The summed E-state index contributed by atoms with van der Waals surface area (Å²) in [6.45, 7) is 0. The molecule has 0 amide bonds. The second-order valence-corrected chi connectivity index (χ2v) is 5.28. The van der Waals surface area contributed by atoms with Crippen molar-refractivity contribution in [2.45, 2.75) is 0 Å². The zero-order valence-corrected chi connectivity index (χ0v) is 9.86. The topological polar surface area (TPSA) is 9.23 Å². The zero-order valence-electron chi connectivity index (χ0n) is 6.10. The predicted molar refractivity (Wildman–Crippen MR) is 52.3 cm³/mol. The first-order valence-corrected chi connectivity index (χ1v) is 8.14. The fraction of sp³-hybridized carbons (Fsp3) is 0.143. The summed E-state index contributed by atoms with van der Waals surface area (Å²) in [6, 6.07) is 5.87. The van der Waals surface area contributed by atoms with Crippen LogP contribution in [0, 0.1) is 0 Å². The van der Waals surface area contributed by atoms with Crippen LogP contribution in [0.4, 0.5) is 0 Å². The Morgan fingerprint density at radius 3 is 2.73 bits per heavy atom. The van der Waals surface area contributed by atoms with Crippen molar-refractivity contribution in [1.82, 2.24) is 0 Å². The second-order valence-electron chi connectivity index (χ2n) is 2.10. The molecule has 0 spiro atoms. The standard InChI is InChI=1S/C7H6ClO.BrH.Mg/c1-9-7-5-3-2-4-6(7)8;;/h3-5H,1H3;1H;/q;;+1/p-1. The monoisotopic (exact) mass is 244 g/mol. The van der Waals surface area contributed by atoms with Crippen molar-refractivity contribution < 1.29 is 4.74 Å². The summed E-state index contributed by atoms with van der Waals surface area (Å²) in [7, 11) is 1.62. The molecule has 56 valence electrons. The van der Waals surface area contributed by atoms with E-state index < -0.39 is 0 Å². The Hall–Kier alpha value is 0.556. The molecule has 0 bridgehead atoms. The highest BCUT2D eigenvalue weighted by Crippen LogP contribution is 2.21. The SMILES string of the molecule is COc1cc[c]([Mg][Br])cc1Cl. The molecule has 0 fully saturated rings. The van der Waals surface area contributed by atoms with E-state index in [0.717, 1.165) is 5.75 Å². The maximum absolute atomic E-state index is 5.88. The van der Waals surface area contributed by atoms with Crippen LogP contribution in [0.2, 0.25) is 5.02 Å². The van der Waals surface area contributed by atoms with Gasteiger partial charge in [0.25, 0.3) is 0 Å². The minimum absolute atomic E-state index is 0.281. The molecule has 0 aliphatic heterocycles. The van der Waals surface area contributed by atoms with Crippen molar-refractivity contribution in [3.8, 4) is 5.75 Å². The van der Waals surface area contributed by atoms with Gasteiger partial charge in [0.05, 0.1) is 12.1 Å². The lowest BCUT2D eigenvalue weighted by Gasteiger charge is -2.03. The Labute approximate surface area is 86.7 Å². The molecule has 0 radical (unpaired) electrons. The molecule has 1 aromatic carbocycles. The minimum atomic E-state index is -0.281. The Bertz CT molecular complexity index is 254. The molecule has 0 aliphatic carbocycles. The molecule has 4 heteroatoms. The van der Waals surface area contributed by atoms with Gasteiger partial charge in [-0.2, -0.15) is 3.69 Å². The third-order valence-electron chi connectivity index (χ3n) is 1.37. The maximum Gasteiger partial charge on any atom is 0.506 e. The van der Waals surface area contributed by atoms with Crippen LogP contribution in [0.15, 0.2) is 18.2 Å². The summed E-state index contributed by atoms with van der Waals surface area (Å²) in [5, 5.41) is 0.692. The zero-order chi connectivity index (χ0) is 8.27. The quantitative estimate of drug-likeness (QED) is 0.725. The van der Waals surface area contributed by atoms with Gasteiger partial charge in [-0.15, -0.1) is 0 Å². The van der Waals surface area contributed by atoms with Crippen molar-refractivity contribution in [1.29, 1.82) is 0 Å². The van der Waals surface area contributed by atoms with Crippen LogP contribution in [0.5, 0.6) is 5.75 Å². The summed E-state index contributed by atoms with van der Waals surface area (Å²) in [6.07, 6.45) is 0. The number of methoxy groups -OCH3 is 1. The van der Waals surface area contributed by atoms with Crippen LogP contribution in [0.3, 0.4) is 0 Å². The van der Waals surface area contributed by atoms with E-state index in [4.69, 9.17) is 16.3 Å². The molecule has 1 aromatic rings. The highest BCUT2D eigenvalue weighted by atomic mass is 79.9. The van der Waals surface area contributed by atoms with Gasteiger partial charge >= 0.3 is 18.2 Å². The average Bonchev–Trinajstić information content (AvgIpc) is 2.04. The number of benzene rings is 1. The summed E-state index contributed by atoms with van der Waals surface area (Å²) < 4.78 is 6.30. The normalized spacial score (nSPS) is 9.00. The fourth-order valence-corrected chi connectivity index (χ4v) is 2.74. The molecule has 1 nitrogen and oxygen atoms in total. The predicted octanol–water partition coefficient (Wildman–Crippen LogP) is 1.99. The summed E-state index contributed by atoms with van der Waals surface area (Å²) in [5.74, 6) is 0.741. The van der Waals surface area contributed by atoms with E-state index in [9.17, 15) is 0 Å². The van der Waals surface area contributed by atoms with Gasteiger partial charge < -0.3 is 4.74 Å². The molecule has 0 N–H and O–H groups in total. The highest BCUT2D eigenvalue weighted by Gasteiger charge is 2.01. The van der Waals surface area contributed by atoms with Crippen LogP contribution in [-0.2, 0) is 0 Å². The second kappa shape index (κ2) is 4.55. The van der Waals surface area contributed by atoms with Gasteiger partial charge in [0, 0.05) is 0 Å². The van der Waals surface area contributed by atoms with E-state index in [1.54, 1.807) is 7.11 Å².